The number of hydrogen-bond donors (Lipinski definition) is 1. The van der Waals surface area contributed by atoms with Crippen molar-refractivity contribution in [2.45, 2.75) is 19.9 Å². The molecular weight excluding hydrogens is 188 g/mol. The molecule has 0 amide bonds. The van der Waals surface area contributed by atoms with E-state index in [0.717, 1.165) is 24.1 Å². The molecular formula is C12H14N2O. The van der Waals surface area contributed by atoms with Gasteiger partial charge in [-0.05, 0) is 24.1 Å². The molecule has 2 rings (SSSR count). The maximum Gasteiger partial charge on any atom is 0.115 e. The SMILES string of the molecule is CCCn1cc(-c2ccc(O)cc2)cn1. The number of rotatable bonds is 3. The van der Waals surface area contributed by atoms with Gasteiger partial charge in [0.05, 0.1) is 6.20 Å². The number of aromatic hydroxyl groups is 1. The molecule has 3 heteroatoms. The highest BCUT2D eigenvalue weighted by atomic mass is 16.3. The van der Waals surface area contributed by atoms with Crippen LogP contribution in [-0.2, 0) is 6.54 Å². The summed E-state index contributed by atoms with van der Waals surface area (Å²) >= 11 is 0. The monoisotopic (exact) mass is 202 g/mol. The molecule has 0 spiro atoms. The van der Waals surface area contributed by atoms with Crippen molar-refractivity contribution in [2.75, 3.05) is 0 Å². The van der Waals surface area contributed by atoms with Crippen LogP contribution in [0.2, 0.25) is 0 Å². The molecule has 0 aliphatic heterocycles. The third kappa shape index (κ3) is 2.18. The fraction of sp³-hybridized carbons (Fsp3) is 0.250. The van der Waals surface area contributed by atoms with E-state index < -0.39 is 0 Å². The van der Waals surface area contributed by atoms with Crippen LogP contribution >= 0.6 is 0 Å². The van der Waals surface area contributed by atoms with Crippen LogP contribution in [0, 0.1) is 0 Å². The molecule has 0 fully saturated rings. The van der Waals surface area contributed by atoms with Crippen LogP contribution < -0.4 is 0 Å². The second-order valence-corrected chi connectivity index (χ2v) is 3.54. The zero-order valence-electron chi connectivity index (χ0n) is 8.72. The predicted molar refractivity (Wildman–Crippen MR) is 59.6 cm³/mol. The molecule has 1 aromatic heterocycles. The number of phenolic OH excluding ortho intramolecular Hbond substituents is 1. The van der Waals surface area contributed by atoms with Crippen molar-refractivity contribution in [3.05, 3.63) is 36.7 Å². The normalized spacial score (nSPS) is 10.5. The lowest BCUT2D eigenvalue weighted by Crippen LogP contribution is -1.95. The van der Waals surface area contributed by atoms with Crippen LogP contribution in [-0.4, -0.2) is 14.9 Å². The van der Waals surface area contributed by atoms with Crippen LogP contribution in [0.5, 0.6) is 5.75 Å². The summed E-state index contributed by atoms with van der Waals surface area (Å²) in [6, 6.07) is 7.16. The fourth-order valence-electron chi connectivity index (χ4n) is 1.52. The van der Waals surface area contributed by atoms with Gasteiger partial charge in [-0.1, -0.05) is 19.1 Å². The molecule has 15 heavy (non-hydrogen) atoms. The fourth-order valence-corrected chi connectivity index (χ4v) is 1.52. The summed E-state index contributed by atoms with van der Waals surface area (Å²) in [7, 11) is 0. The highest BCUT2D eigenvalue weighted by molar-refractivity contribution is 5.62. The third-order valence-corrected chi connectivity index (χ3v) is 2.29. The lowest BCUT2D eigenvalue weighted by atomic mass is 10.1. The minimum absolute atomic E-state index is 0.291. The molecule has 1 N–H and O–H groups in total. The Morgan fingerprint density at radius 1 is 1.20 bits per heavy atom. The maximum atomic E-state index is 9.17. The Morgan fingerprint density at radius 3 is 2.60 bits per heavy atom. The second kappa shape index (κ2) is 4.17. The van der Waals surface area contributed by atoms with E-state index in [9.17, 15) is 5.11 Å². The molecule has 0 saturated heterocycles. The summed E-state index contributed by atoms with van der Waals surface area (Å²) in [5.74, 6) is 0.291. The second-order valence-electron chi connectivity index (χ2n) is 3.54. The highest BCUT2D eigenvalue weighted by Gasteiger charge is 2.00. The van der Waals surface area contributed by atoms with Crippen molar-refractivity contribution in [1.82, 2.24) is 9.78 Å². The number of aromatic nitrogens is 2. The summed E-state index contributed by atoms with van der Waals surface area (Å²) in [4.78, 5) is 0. The van der Waals surface area contributed by atoms with Gasteiger partial charge in [0.15, 0.2) is 0 Å². The van der Waals surface area contributed by atoms with Gasteiger partial charge in [0, 0.05) is 18.3 Å². The molecule has 0 radical (unpaired) electrons. The van der Waals surface area contributed by atoms with Crippen molar-refractivity contribution in [2.24, 2.45) is 0 Å². The summed E-state index contributed by atoms with van der Waals surface area (Å²) in [5.41, 5.74) is 2.17. The molecule has 0 saturated carbocycles. The van der Waals surface area contributed by atoms with Gasteiger partial charge in [-0.3, -0.25) is 4.68 Å². The van der Waals surface area contributed by atoms with Crippen molar-refractivity contribution in [1.29, 1.82) is 0 Å². The predicted octanol–water partition coefficient (Wildman–Crippen LogP) is 2.67. The first-order valence-corrected chi connectivity index (χ1v) is 5.11. The van der Waals surface area contributed by atoms with Crippen LogP contribution in [0.15, 0.2) is 36.7 Å². The van der Waals surface area contributed by atoms with Gasteiger partial charge in [-0.15, -0.1) is 0 Å². The molecule has 0 aliphatic rings. The van der Waals surface area contributed by atoms with Crippen molar-refractivity contribution in [3.8, 4) is 16.9 Å². The standard InChI is InChI=1S/C12H14N2O/c1-2-7-14-9-11(8-13-14)10-3-5-12(15)6-4-10/h3-6,8-9,15H,2,7H2,1H3. The summed E-state index contributed by atoms with van der Waals surface area (Å²) in [6.45, 7) is 3.07. The summed E-state index contributed by atoms with van der Waals surface area (Å²) in [5, 5.41) is 13.4. The minimum Gasteiger partial charge on any atom is -0.508 e. The first-order valence-electron chi connectivity index (χ1n) is 5.11. The number of aryl methyl sites for hydroxylation is 1. The van der Waals surface area contributed by atoms with E-state index in [4.69, 9.17) is 0 Å². The van der Waals surface area contributed by atoms with Gasteiger partial charge in [0.25, 0.3) is 0 Å². The van der Waals surface area contributed by atoms with E-state index in [2.05, 4.69) is 12.0 Å². The van der Waals surface area contributed by atoms with Crippen molar-refractivity contribution >= 4 is 0 Å². The number of phenols is 1. The molecule has 2 aromatic rings. The first kappa shape index (κ1) is 9.77. The molecule has 0 unspecified atom stereocenters. The molecule has 1 aromatic carbocycles. The molecule has 1 heterocycles. The van der Waals surface area contributed by atoms with Crippen molar-refractivity contribution < 1.29 is 5.11 Å². The van der Waals surface area contributed by atoms with E-state index >= 15 is 0 Å². The molecule has 0 aliphatic carbocycles. The Labute approximate surface area is 89.0 Å². The maximum absolute atomic E-state index is 9.17. The van der Waals surface area contributed by atoms with Crippen LogP contribution in [0.25, 0.3) is 11.1 Å². The Hall–Kier alpha value is -1.77. The van der Waals surface area contributed by atoms with Gasteiger partial charge < -0.3 is 5.11 Å². The van der Waals surface area contributed by atoms with E-state index in [1.54, 1.807) is 12.1 Å². The lowest BCUT2D eigenvalue weighted by Gasteiger charge is -1.97. The lowest BCUT2D eigenvalue weighted by molar-refractivity contribution is 0.475. The van der Waals surface area contributed by atoms with Crippen LogP contribution in [0.1, 0.15) is 13.3 Å². The molecule has 0 bridgehead atoms. The molecule has 0 atom stereocenters. The Morgan fingerprint density at radius 2 is 1.93 bits per heavy atom. The van der Waals surface area contributed by atoms with Gasteiger partial charge in [0.2, 0.25) is 0 Å². The smallest absolute Gasteiger partial charge is 0.115 e. The minimum atomic E-state index is 0.291. The van der Waals surface area contributed by atoms with E-state index in [-0.39, 0.29) is 0 Å². The largest absolute Gasteiger partial charge is 0.508 e. The molecule has 3 nitrogen and oxygen atoms in total. The van der Waals surface area contributed by atoms with Gasteiger partial charge in [-0.25, -0.2) is 0 Å². The zero-order valence-corrected chi connectivity index (χ0v) is 8.72. The number of nitrogens with zero attached hydrogens (tertiary/aromatic N) is 2. The van der Waals surface area contributed by atoms with Crippen LogP contribution in [0.4, 0.5) is 0 Å². The van der Waals surface area contributed by atoms with Gasteiger partial charge in [0.1, 0.15) is 5.75 Å². The van der Waals surface area contributed by atoms with Crippen LogP contribution in [0.3, 0.4) is 0 Å². The zero-order chi connectivity index (χ0) is 10.7. The summed E-state index contributed by atoms with van der Waals surface area (Å²) in [6.07, 6.45) is 4.95. The van der Waals surface area contributed by atoms with Gasteiger partial charge in [-0.2, -0.15) is 5.10 Å². The highest BCUT2D eigenvalue weighted by Crippen LogP contribution is 2.20. The topological polar surface area (TPSA) is 38.0 Å². The summed E-state index contributed by atoms with van der Waals surface area (Å²) < 4.78 is 1.93. The quantitative estimate of drug-likeness (QED) is 0.830. The first-order chi connectivity index (χ1) is 7.29. The average molecular weight is 202 g/mol. The number of benzene rings is 1. The Balaban J connectivity index is 2.25. The van der Waals surface area contributed by atoms with E-state index in [1.165, 1.54) is 0 Å². The van der Waals surface area contributed by atoms with E-state index in [0.29, 0.717) is 5.75 Å². The van der Waals surface area contributed by atoms with Crippen molar-refractivity contribution in [3.63, 3.8) is 0 Å². The molecule has 78 valence electrons. The van der Waals surface area contributed by atoms with Gasteiger partial charge >= 0.3 is 0 Å². The average Bonchev–Trinajstić information content (AvgIpc) is 2.68. The Kier molecular flexibility index (Phi) is 2.72. The third-order valence-electron chi connectivity index (χ3n) is 2.29. The number of hydrogen-bond acceptors (Lipinski definition) is 2. The Bertz CT molecular complexity index is 431. The van der Waals surface area contributed by atoms with E-state index in [1.807, 2.05) is 29.2 Å².